The van der Waals surface area contributed by atoms with E-state index < -0.39 is 0 Å². The van der Waals surface area contributed by atoms with E-state index in [1.165, 1.54) is 0 Å². The predicted octanol–water partition coefficient (Wildman–Crippen LogP) is 0.492. The van der Waals surface area contributed by atoms with E-state index in [4.69, 9.17) is 7.85 Å². The molecule has 0 fully saturated rings. The Balaban J connectivity index is 3.17. The van der Waals surface area contributed by atoms with Crippen molar-refractivity contribution >= 4 is 13.3 Å². The summed E-state index contributed by atoms with van der Waals surface area (Å²) < 4.78 is 0. The standard InChI is InChI=1S/C7H8BN/c1-5-3-6(2)9-4-7(5)8/h3-4H,1-2H3. The number of aryl methyl sites for hydroxylation is 2. The maximum absolute atomic E-state index is 5.53. The summed E-state index contributed by atoms with van der Waals surface area (Å²) in [4.78, 5) is 4.01. The third-order valence-corrected chi connectivity index (χ3v) is 1.29. The smallest absolute Gasteiger partial charge is 0.116 e. The molecule has 0 aliphatic heterocycles. The summed E-state index contributed by atoms with van der Waals surface area (Å²) >= 11 is 0. The first-order chi connectivity index (χ1) is 4.20. The molecule has 0 spiro atoms. The summed E-state index contributed by atoms with van der Waals surface area (Å²) in [6, 6.07) is 1.97. The second-order valence-electron chi connectivity index (χ2n) is 2.18. The summed E-state index contributed by atoms with van der Waals surface area (Å²) in [6.07, 6.45) is 1.69. The average molecular weight is 117 g/mol. The number of nitrogens with zero attached hydrogens (tertiary/aromatic N) is 1. The zero-order valence-electron chi connectivity index (χ0n) is 5.68. The van der Waals surface area contributed by atoms with Gasteiger partial charge in [-0.05, 0) is 19.9 Å². The first kappa shape index (κ1) is 6.34. The normalized spacial score (nSPS) is 9.56. The molecule has 9 heavy (non-hydrogen) atoms. The van der Waals surface area contributed by atoms with Crippen LogP contribution in [0, 0.1) is 13.8 Å². The highest BCUT2D eigenvalue weighted by Gasteiger charge is 1.89. The molecule has 0 unspecified atom stereocenters. The number of rotatable bonds is 0. The zero-order chi connectivity index (χ0) is 6.85. The lowest BCUT2D eigenvalue weighted by atomic mass is 9.93. The van der Waals surface area contributed by atoms with Gasteiger partial charge < -0.3 is 0 Å². The van der Waals surface area contributed by atoms with Crippen LogP contribution in [0.25, 0.3) is 0 Å². The van der Waals surface area contributed by atoms with Crippen molar-refractivity contribution in [3.8, 4) is 0 Å². The van der Waals surface area contributed by atoms with E-state index >= 15 is 0 Å². The number of aromatic nitrogens is 1. The predicted molar refractivity (Wildman–Crippen MR) is 39.1 cm³/mol. The van der Waals surface area contributed by atoms with Gasteiger partial charge in [0.05, 0.1) is 0 Å². The van der Waals surface area contributed by atoms with Crippen LogP contribution in [0.4, 0.5) is 0 Å². The largest absolute Gasteiger partial charge is 0.262 e. The molecule has 0 bridgehead atoms. The molecule has 2 radical (unpaired) electrons. The summed E-state index contributed by atoms with van der Waals surface area (Å²) in [5.74, 6) is 0. The Kier molecular flexibility index (Phi) is 1.56. The molecule has 0 aliphatic rings. The molecule has 0 aliphatic carbocycles. The van der Waals surface area contributed by atoms with Crippen molar-refractivity contribution in [2.75, 3.05) is 0 Å². The van der Waals surface area contributed by atoms with Crippen LogP contribution in [0.3, 0.4) is 0 Å². The average Bonchev–Trinajstić information content (AvgIpc) is 1.80. The lowest BCUT2D eigenvalue weighted by Gasteiger charge is -1.98. The minimum atomic E-state index is 0.764. The van der Waals surface area contributed by atoms with Crippen LogP contribution in [0.2, 0.25) is 0 Å². The van der Waals surface area contributed by atoms with Gasteiger partial charge in [-0.1, -0.05) is 11.0 Å². The van der Waals surface area contributed by atoms with Crippen molar-refractivity contribution < 1.29 is 0 Å². The van der Waals surface area contributed by atoms with E-state index in [1.54, 1.807) is 6.20 Å². The van der Waals surface area contributed by atoms with Crippen LogP contribution < -0.4 is 5.46 Å². The van der Waals surface area contributed by atoms with Crippen LogP contribution >= 0.6 is 0 Å². The van der Waals surface area contributed by atoms with Crippen LogP contribution in [-0.4, -0.2) is 12.8 Å². The molecule has 0 aromatic carbocycles. The monoisotopic (exact) mass is 117 g/mol. The molecule has 1 heterocycles. The molecule has 0 N–H and O–H groups in total. The van der Waals surface area contributed by atoms with Crippen molar-refractivity contribution in [2.45, 2.75) is 13.8 Å². The van der Waals surface area contributed by atoms with E-state index in [0.717, 1.165) is 16.7 Å². The van der Waals surface area contributed by atoms with Gasteiger partial charge in [0, 0.05) is 11.9 Å². The first-order valence-electron chi connectivity index (χ1n) is 2.89. The Labute approximate surface area is 56.5 Å². The molecule has 0 saturated carbocycles. The second kappa shape index (κ2) is 2.22. The van der Waals surface area contributed by atoms with Crippen molar-refractivity contribution in [1.29, 1.82) is 0 Å². The number of hydrogen-bond acceptors (Lipinski definition) is 1. The van der Waals surface area contributed by atoms with E-state index in [1.807, 2.05) is 19.9 Å². The zero-order valence-corrected chi connectivity index (χ0v) is 5.68. The van der Waals surface area contributed by atoms with Crippen LogP contribution in [0.1, 0.15) is 11.3 Å². The van der Waals surface area contributed by atoms with Crippen molar-refractivity contribution in [2.24, 2.45) is 0 Å². The highest BCUT2D eigenvalue weighted by atomic mass is 14.6. The van der Waals surface area contributed by atoms with Crippen molar-refractivity contribution in [3.05, 3.63) is 23.5 Å². The lowest BCUT2D eigenvalue weighted by molar-refractivity contribution is 1.19. The van der Waals surface area contributed by atoms with Crippen LogP contribution in [0.5, 0.6) is 0 Å². The number of hydrogen-bond donors (Lipinski definition) is 0. The van der Waals surface area contributed by atoms with E-state index in [-0.39, 0.29) is 0 Å². The Morgan fingerprint density at radius 2 is 2.11 bits per heavy atom. The Hall–Kier alpha value is -0.785. The minimum Gasteiger partial charge on any atom is -0.262 e. The van der Waals surface area contributed by atoms with E-state index in [2.05, 4.69) is 4.98 Å². The van der Waals surface area contributed by atoms with Gasteiger partial charge in [0.1, 0.15) is 7.85 Å². The maximum Gasteiger partial charge on any atom is 0.116 e. The molecule has 2 heteroatoms. The third kappa shape index (κ3) is 1.32. The Morgan fingerprint density at radius 3 is 2.56 bits per heavy atom. The van der Waals surface area contributed by atoms with Gasteiger partial charge in [-0.15, -0.1) is 0 Å². The fraction of sp³-hybridized carbons (Fsp3) is 0.286. The van der Waals surface area contributed by atoms with Crippen molar-refractivity contribution in [1.82, 2.24) is 4.98 Å². The van der Waals surface area contributed by atoms with E-state index in [0.29, 0.717) is 0 Å². The molecule has 1 rings (SSSR count). The SMILES string of the molecule is [B]c1cnc(C)cc1C. The molecule has 1 nitrogen and oxygen atoms in total. The van der Waals surface area contributed by atoms with Crippen molar-refractivity contribution in [3.63, 3.8) is 0 Å². The van der Waals surface area contributed by atoms with Crippen LogP contribution in [-0.2, 0) is 0 Å². The summed E-state index contributed by atoms with van der Waals surface area (Å²) in [6.45, 7) is 3.93. The van der Waals surface area contributed by atoms with E-state index in [9.17, 15) is 0 Å². The third-order valence-electron chi connectivity index (χ3n) is 1.29. The van der Waals surface area contributed by atoms with Gasteiger partial charge in [0.2, 0.25) is 0 Å². The molecule has 0 amide bonds. The summed E-state index contributed by atoms with van der Waals surface area (Å²) in [5, 5.41) is 0. The molecule has 0 saturated heterocycles. The van der Waals surface area contributed by atoms with Gasteiger partial charge in [-0.3, -0.25) is 4.98 Å². The highest BCUT2D eigenvalue weighted by Crippen LogP contribution is 1.93. The van der Waals surface area contributed by atoms with Gasteiger partial charge in [-0.25, -0.2) is 0 Å². The minimum absolute atomic E-state index is 0.764. The summed E-state index contributed by atoms with van der Waals surface area (Å²) in [5.41, 5.74) is 2.88. The number of pyridine rings is 1. The van der Waals surface area contributed by atoms with Gasteiger partial charge in [0.25, 0.3) is 0 Å². The lowest BCUT2D eigenvalue weighted by Crippen LogP contribution is -2.07. The van der Waals surface area contributed by atoms with Gasteiger partial charge in [0.15, 0.2) is 0 Å². The molecule has 0 atom stereocenters. The van der Waals surface area contributed by atoms with Crippen LogP contribution in [0.15, 0.2) is 12.3 Å². The molecule has 1 aromatic rings. The molecular weight excluding hydrogens is 109 g/mol. The molecule has 44 valence electrons. The Morgan fingerprint density at radius 1 is 1.44 bits per heavy atom. The quantitative estimate of drug-likeness (QED) is 0.450. The molecular formula is C7H8BN. The fourth-order valence-corrected chi connectivity index (χ4v) is 0.707. The topological polar surface area (TPSA) is 12.9 Å². The van der Waals surface area contributed by atoms with Gasteiger partial charge >= 0.3 is 0 Å². The van der Waals surface area contributed by atoms with Gasteiger partial charge in [-0.2, -0.15) is 0 Å². The fourth-order valence-electron chi connectivity index (χ4n) is 0.707. The first-order valence-corrected chi connectivity index (χ1v) is 2.89. The highest BCUT2D eigenvalue weighted by molar-refractivity contribution is 6.33. The Bertz CT molecular complexity index is 220. The second-order valence-corrected chi connectivity index (χ2v) is 2.18. The molecule has 1 aromatic heterocycles. The maximum atomic E-state index is 5.53. The summed E-state index contributed by atoms with van der Waals surface area (Å²) in [7, 11) is 5.53.